The quantitative estimate of drug-likeness (QED) is 0.618. The fourth-order valence-electron chi connectivity index (χ4n) is 0.914. The summed E-state index contributed by atoms with van der Waals surface area (Å²) in [5.41, 5.74) is -1.69. The molecule has 0 atom stereocenters. The van der Waals surface area contributed by atoms with E-state index >= 15 is 0 Å². The fourth-order valence-corrected chi connectivity index (χ4v) is 0.914. The highest BCUT2D eigenvalue weighted by atomic mass is 19.3. The molecule has 0 aromatic carbocycles. The Bertz CT molecular complexity index is 397. The van der Waals surface area contributed by atoms with E-state index in [9.17, 15) is 24.0 Å². The van der Waals surface area contributed by atoms with Gasteiger partial charge in [0.1, 0.15) is 5.69 Å². The highest BCUT2D eigenvalue weighted by Gasteiger charge is 2.24. The summed E-state index contributed by atoms with van der Waals surface area (Å²) in [5, 5.41) is 19.6. The maximum atomic E-state index is 12.2. The highest BCUT2D eigenvalue weighted by molar-refractivity contribution is 5.52. The smallest absolute Gasteiger partial charge is 0.318 e. The van der Waals surface area contributed by atoms with E-state index < -0.39 is 34.4 Å². The van der Waals surface area contributed by atoms with E-state index in [-0.39, 0.29) is 0 Å². The number of rotatable bonds is 3. The SMILES string of the molecule is COc1nc(C(F)F)cc([N+](=O)[O-])c1O. The second-order valence-electron chi connectivity index (χ2n) is 2.48. The lowest BCUT2D eigenvalue weighted by Gasteiger charge is -2.05. The minimum atomic E-state index is -2.97. The molecule has 0 unspecified atom stereocenters. The predicted molar refractivity (Wildman–Crippen MR) is 44.1 cm³/mol. The molecule has 0 aliphatic rings. The Morgan fingerprint density at radius 1 is 1.67 bits per heavy atom. The summed E-state index contributed by atoms with van der Waals surface area (Å²) >= 11 is 0. The molecule has 0 aliphatic carbocycles. The summed E-state index contributed by atoms with van der Waals surface area (Å²) in [5.74, 6) is -1.47. The first-order valence-electron chi connectivity index (χ1n) is 3.67. The van der Waals surface area contributed by atoms with E-state index in [1.165, 1.54) is 0 Å². The molecule has 0 aliphatic heterocycles. The number of alkyl halides is 2. The average Bonchev–Trinajstić information content (AvgIpc) is 2.17. The summed E-state index contributed by atoms with van der Waals surface area (Å²) in [4.78, 5) is 12.6. The molecule has 0 saturated carbocycles. The van der Waals surface area contributed by atoms with Crippen molar-refractivity contribution in [2.24, 2.45) is 0 Å². The van der Waals surface area contributed by atoms with Crippen molar-refractivity contribution in [3.8, 4) is 11.6 Å². The highest BCUT2D eigenvalue weighted by Crippen LogP contribution is 2.36. The van der Waals surface area contributed by atoms with Crippen molar-refractivity contribution in [3.05, 3.63) is 21.9 Å². The topological polar surface area (TPSA) is 85.5 Å². The van der Waals surface area contributed by atoms with Gasteiger partial charge in [0.2, 0.25) is 0 Å². The van der Waals surface area contributed by atoms with E-state index in [0.717, 1.165) is 7.11 Å². The molecule has 1 aromatic heterocycles. The van der Waals surface area contributed by atoms with Crippen molar-refractivity contribution in [3.63, 3.8) is 0 Å². The van der Waals surface area contributed by atoms with Crippen LogP contribution in [0.4, 0.5) is 14.5 Å². The molecule has 15 heavy (non-hydrogen) atoms. The summed E-state index contributed by atoms with van der Waals surface area (Å²) in [6, 6.07) is 0.502. The Morgan fingerprint density at radius 2 is 2.27 bits per heavy atom. The minimum Gasteiger partial charge on any atom is -0.498 e. The molecule has 1 heterocycles. The van der Waals surface area contributed by atoms with Gasteiger partial charge in [0, 0.05) is 6.07 Å². The Labute approximate surface area is 82.3 Å². The first kappa shape index (κ1) is 11.1. The van der Waals surface area contributed by atoms with Crippen LogP contribution >= 0.6 is 0 Å². The van der Waals surface area contributed by atoms with Crippen LogP contribution in [-0.4, -0.2) is 22.1 Å². The van der Waals surface area contributed by atoms with E-state index in [4.69, 9.17) is 0 Å². The molecular formula is C7H6F2N2O4. The van der Waals surface area contributed by atoms with Crippen molar-refractivity contribution in [1.82, 2.24) is 4.98 Å². The van der Waals surface area contributed by atoms with Gasteiger partial charge in [0.15, 0.2) is 0 Å². The van der Waals surface area contributed by atoms with Crippen LogP contribution < -0.4 is 4.74 Å². The van der Waals surface area contributed by atoms with Crippen LogP contribution in [0.1, 0.15) is 12.1 Å². The van der Waals surface area contributed by atoms with E-state index in [1.54, 1.807) is 0 Å². The molecule has 0 spiro atoms. The molecule has 8 heteroatoms. The Hall–Kier alpha value is -1.99. The van der Waals surface area contributed by atoms with Gasteiger partial charge in [0.05, 0.1) is 12.0 Å². The van der Waals surface area contributed by atoms with Crippen LogP contribution in [-0.2, 0) is 0 Å². The lowest BCUT2D eigenvalue weighted by molar-refractivity contribution is -0.386. The number of nitro groups is 1. The van der Waals surface area contributed by atoms with Gasteiger partial charge in [-0.15, -0.1) is 0 Å². The van der Waals surface area contributed by atoms with Gasteiger partial charge < -0.3 is 9.84 Å². The monoisotopic (exact) mass is 220 g/mol. The fraction of sp³-hybridized carbons (Fsp3) is 0.286. The Morgan fingerprint density at radius 3 is 2.67 bits per heavy atom. The molecule has 82 valence electrons. The van der Waals surface area contributed by atoms with Gasteiger partial charge in [-0.25, -0.2) is 13.8 Å². The lowest BCUT2D eigenvalue weighted by atomic mass is 10.3. The minimum absolute atomic E-state index is 0.502. The lowest BCUT2D eigenvalue weighted by Crippen LogP contribution is -1.99. The zero-order valence-electron chi connectivity index (χ0n) is 7.48. The molecule has 0 saturated heterocycles. The number of halogens is 2. The molecule has 6 nitrogen and oxygen atoms in total. The maximum absolute atomic E-state index is 12.2. The van der Waals surface area contributed by atoms with Crippen LogP contribution in [0.25, 0.3) is 0 Å². The van der Waals surface area contributed by atoms with E-state index in [1.807, 2.05) is 0 Å². The van der Waals surface area contributed by atoms with Crippen LogP contribution in [0.5, 0.6) is 11.6 Å². The van der Waals surface area contributed by atoms with E-state index in [0.29, 0.717) is 6.07 Å². The standard InChI is InChI=1S/C7H6F2N2O4/c1-15-7-5(12)4(11(13)14)2-3(10-7)6(8)9/h2,6,12H,1H3. The Balaban J connectivity index is 3.38. The maximum Gasteiger partial charge on any atom is 0.318 e. The van der Waals surface area contributed by atoms with Crippen molar-refractivity contribution in [2.75, 3.05) is 7.11 Å². The van der Waals surface area contributed by atoms with Gasteiger partial charge >= 0.3 is 5.69 Å². The number of hydrogen-bond acceptors (Lipinski definition) is 5. The van der Waals surface area contributed by atoms with Gasteiger partial charge in [-0.1, -0.05) is 0 Å². The van der Waals surface area contributed by atoms with Crippen LogP contribution in [0.2, 0.25) is 0 Å². The zero-order valence-corrected chi connectivity index (χ0v) is 7.48. The Kier molecular flexibility index (Phi) is 2.98. The normalized spacial score (nSPS) is 10.4. The largest absolute Gasteiger partial charge is 0.498 e. The molecule has 1 rings (SSSR count). The molecule has 1 aromatic rings. The molecule has 0 fully saturated rings. The number of methoxy groups -OCH3 is 1. The summed E-state index contributed by atoms with van der Waals surface area (Å²) in [7, 11) is 1.06. The van der Waals surface area contributed by atoms with E-state index in [2.05, 4.69) is 9.72 Å². The number of aromatic hydroxyl groups is 1. The number of aromatic nitrogens is 1. The molecule has 0 bridgehead atoms. The second kappa shape index (κ2) is 4.03. The summed E-state index contributed by atoms with van der Waals surface area (Å²) < 4.78 is 28.9. The van der Waals surface area contributed by atoms with Crippen molar-refractivity contribution in [1.29, 1.82) is 0 Å². The van der Waals surface area contributed by atoms with Crippen LogP contribution in [0, 0.1) is 10.1 Å². The second-order valence-corrected chi connectivity index (χ2v) is 2.48. The predicted octanol–water partition coefficient (Wildman–Crippen LogP) is 1.64. The first-order valence-corrected chi connectivity index (χ1v) is 3.67. The van der Waals surface area contributed by atoms with Crippen LogP contribution in [0.3, 0.4) is 0 Å². The molecule has 1 N–H and O–H groups in total. The van der Waals surface area contributed by atoms with Crippen molar-refractivity contribution >= 4 is 5.69 Å². The van der Waals surface area contributed by atoms with Gasteiger partial charge in [-0.2, -0.15) is 0 Å². The van der Waals surface area contributed by atoms with Gasteiger partial charge in [-0.3, -0.25) is 10.1 Å². The van der Waals surface area contributed by atoms with Gasteiger partial charge in [-0.05, 0) is 0 Å². The number of pyridine rings is 1. The molecule has 0 amide bonds. The van der Waals surface area contributed by atoms with Gasteiger partial charge in [0.25, 0.3) is 18.1 Å². The average molecular weight is 220 g/mol. The third-order valence-electron chi connectivity index (χ3n) is 1.57. The van der Waals surface area contributed by atoms with Crippen molar-refractivity contribution < 1.29 is 23.5 Å². The summed E-state index contributed by atoms with van der Waals surface area (Å²) in [6.07, 6.45) is -2.97. The third kappa shape index (κ3) is 2.09. The first-order chi connectivity index (χ1) is 6.97. The third-order valence-corrected chi connectivity index (χ3v) is 1.57. The van der Waals surface area contributed by atoms with Crippen molar-refractivity contribution in [2.45, 2.75) is 6.43 Å². The number of nitrogens with zero attached hydrogens (tertiary/aromatic N) is 2. The number of ether oxygens (including phenoxy) is 1. The molecular weight excluding hydrogens is 214 g/mol. The zero-order chi connectivity index (χ0) is 11.6. The molecule has 0 radical (unpaired) electrons. The van der Waals surface area contributed by atoms with Crippen LogP contribution in [0.15, 0.2) is 6.07 Å². The summed E-state index contributed by atoms with van der Waals surface area (Å²) in [6.45, 7) is 0. The number of hydrogen-bond donors (Lipinski definition) is 1.